The van der Waals surface area contributed by atoms with E-state index in [1.54, 1.807) is 11.3 Å². The zero-order chi connectivity index (χ0) is 16.2. The van der Waals surface area contributed by atoms with Crippen molar-refractivity contribution in [2.24, 2.45) is 0 Å². The summed E-state index contributed by atoms with van der Waals surface area (Å²) in [5.41, 5.74) is 1.40. The third-order valence-electron chi connectivity index (χ3n) is 4.02. The molecular weight excluding hydrogens is 302 g/mol. The van der Waals surface area contributed by atoms with E-state index in [0.29, 0.717) is 0 Å². The van der Waals surface area contributed by atoms with Crippen LogP contribution in [-0.4, -0.2) is 23.6 Å². The Morgan fingerprint density at radius 1 is 1.13 bits per heavy atom. The molecule has 0 aliphatic rings. The monoisotopic (exact) mass is 325 g/mol. The van der Waals surface area contributed by atoms with Crippen molar-refractivity contribution in [3.05, 3.63) is 52.7 Å². The second-order valence-electron chi connectivity index (χ2n) is 5.90. The van der Waals surface area contributed by atoms with E-state index in [1.807, 2.05) is 0 Å². The van der Waals surface area contributed by atoms with Crippen molar-refractivity contribution in [1.82, 2.24) is 9.97 Å². The van der Waals surface area contributed by atoms with Crippen molar-refractivity contribution in [3.63, 3.8) is 0 Å². The van der Waals surface area contributed by atoms with Crippen molar-refractivity contribution in [2.75, 3.05) is 18.5 Å². The molecule has 0 amide bonds. The molecule has 0 spiro atoms. The average molecular weight is 325 g/mol. The minimum Gasteiger partial charge on any atom is -0.359 e. The van der Waals surface area contributed by atoms with Gasteiger partial charge in [0.25, 0.3) is 0 Å². The topological polar surface area (TPSA) is 29.0 Å². The molecule has 3 rings (SSSR count). The highest BCUT2D eigenvalue weighted by molar-refractivity contribution is 7.18. The lowest BCUT2D eigenvalue weighted by Crippen LogP contribution is -2.21. The van der Waals surface area contributed by atoms with Crippen LogP contribution in [0.25, 0.3) is 10.2 Å². The molecule has 23 heavy (non-hydrogen) atoms. The van der Waals surface area contributed by atoms with Crippen LogP contribution in [0.4, 0.5) is 5.82 Å². The Labute approximate surface area is 142 Å². The predicted octanol–water partition coefficient (Wildman–Crippen LogP) is 4.63. The van der Waals surface area contributed by atoms with Gasteiger partial charge in [0.15, 0.2) is 0 Å². The Hall–Kier alpha value is -1.94. The van der Waals surface area contributed by atoms with Gasteiger partial charge in [0.2, 0.25) is 0 Å². The Bertz CT molecular complexity index is 780. The molecule has 2 heterocycles. The number of hydrogen-bond acceptors (Lipinski definition) is 4. The van der Waals surface area contributed by atoms with E-state index in [4.69, 9.17) is 4.98 Å². The maximum Gasteiger partial charge on any atom is 0.140 e. The second kappa shape index (κ2) is 7.09. The Kier molecular flexibility index (Phi) is 4.91. The molecule has 0 saturated carbocycles. The summed E-state index contributed by atoms with van der Waals surface area (Å²) >= 11 is 1.76. The molecule has 120 valence electrons. The summed E-state index contributed by atoms with van der Waals surface area (Å²) in [6.45, 7) is 5.25. The molecule has 2 aromatic heterocycles. The number of aryl methyl sites for hydroxylation is 3. The summed E-state index contributed by atoms with van der Waals surface area (Å²) in [6.07, 6.45) is 3.09. The molecule has 1 aromatic carbocycles. The molecule has 3 aromatic rings. The molecule has 0 aliphatic heterocycles. The lowest BCUT2D eigenvalue weighted by atomic mass is 10.1. The Morgan fingerprint density at radius 3 is 2.65 bits per heavy atom. The molecule has 0 unspecified atom stereocenters. The fourth-order valence-corrected chi connectivity index (χ4v) is 3.68. The van der Waals surface area contributed by atoms with Gasteiger partial charge in [-0.05, 0) is 31.4 Å². The molecule has 0 N–H and O–H groups in total. The van der Waals surface area contributed by atoms with Gasteiger partial charge in [-0.15, -0.1) is 11.3 Å². The molecule has 0 bridgehead atoms. The highest BCUT2D eigenvalue weighted by atomic mass is 32.1. The van der Waals surface area contributed by atoms with E-state index in [2.05, 4.69) is 67.2 Å². The smallest absolute Gasteiger partial charge is 0.140 e. The molecule has 0 fully saturated rings. The van der Waals surface area contributed by atoms with E-state index in [9.17, 15) is 0 Å². The van der Waals surface area contributed by atoms with E-state index < -0.39 is 0 Å². The summed E-state index contributed by atoms with van der Waals surface area (Å²) in [4.78, 5) is 14.1. The van der Waals surface area contributed by atoms with Crippen LogP contribution in [0.3, 0.4) is 0 Å². The molecule has 0 radical (unpaired) electrons. The molecule has 0 atom stereocenters. The van der Waals surface area contributed by atoms with Crippen LogP contribution in [-0.2, 0) is 12.8 Å². The third-order valence-corrected chi connectivity index (χ3v) is 4.97. The van der Waals surface area contributed by atoms with E-state index in [0.717, 1.165) is 42.3 Å². The van der Waals surface area contributed by atoms with Crippen molar-refractivity contribution in [1.29, 1.82) is 0 Å². The first kappa shape index (κ1) is 15.9. The van der Waals surface area contributed by atoms with Gasteiger partial charge in [0.1, 0.15) is 16.5 Å². The maximum atomic E-state index is 4.78. The van der Waals surface area contributed by atoms with Crippen molar-refractivity contribution in [3.8, 4) is 0 Å². The van der Waals surface area contributed by atoms with Gasteiger partial charge in [-0.2, -0.15) is 0 Å². The number of fused-ring (bicyclic) bond motifs is 1. The van der Waals surface area contributed by atoms with E-state index in [1.165, 1.54) is 15.8 Å². The number of benzene rings is 1. The normalized spacial score (nSPS) is 11.1. The van der Waals surface area contributed by atoms with Gasteiger partial charge in [-0.25, -0.2) is 9.97 Å². The first-order valence-electron chi connectivity index (χ1n) is 8.19. The number of anilines is 1. The first-order valence-corrected chi connectivity index (χ1v) is 9.01. The predicted molar refractivity (Wildman–Crippen MR) is 99.6 cm³/mol. The van der Waals surface area contributed by atoms with Gasteiger partial charge >= 0.3 is 0 Å². The van der Waals surface area contributed by atoms with Crippen molar-refractivity contribution in [2.45, 2.75) is 33.1 Å². The quantitative estimate of drug-likeness (QED) is 0.661. The fraction of sp³-hybridized carbons (Fsp3) is 0.368. The summed E-state index contributed by atoms with van der Waals surface area (Å²) in [5, 5.41) is 1.19. The van der Waals surface area contributed by atoms with E-state index >= 15 is 0 Å². The Morgan fingerprint density at radius 2 is 1.91 bits per heavy atom. The van der Waals surface area contributed by atoms with Crippen LogP contribution >= 0.6 is 11.3 Å². The second-order valence-corrected chi connectivity index (χ2v) is 7.14. The summed E-state index contributed by atoms with van der Waals surface area (Å²) in [5.74, 6) is 2.01. The Balaban J connectivity index is 1.76. The third kappa shape index (κ3) is 3.70. The van der Waals surface area contributed by atoms with Gasteiger partial charge in [0.05, 0.1) is 5.39 Å². The van der Waals surface area contributed by atoms with Crippen LogP contribution < -0.4 is 4.90 Å². The highest BCUT2D eigenvalue weighted by Gasteiger charge is 2.13. The minimum atomic E-state index is 0.873. The first-order chi connectivity index (χ1) is 11.2. The van der Waals surface area contributed by atoms with Gasteiger partial charge in [-0.1, -0.05) is 37.3 Å². The minimum absolute atomic E-state index is 0.873. The zero-order valence-electron chi connectivity index (χ0n) is 14.0. The lowest BCUT2D eigenvalue weighted by Gasteiger charge is -2.19. The SMILES string of the molecule is CCc1nc(N(C)CCCc2ccccc2)c2cc(C)sc2n1. The zero-order valence-corrected chi connectivity index (χ0v) is 14.9. The number of aromatic nitrogens is 2. The van der Waals surface area contributed by atoms with Crippen molar-refractivity contribution >= 4 is 27.4 Å². The summed E-state index contributed by atoms with van der Waals surface area (Å²) in [7, 11) is 2.14. The highest BCUT2D eigenvalue weighted by Crippen LogP contribution is 2.30. The van der Waals surface area contributed by atoms with Crippen LogP contribution in [0.2, 0.25) is 0 Å². The van der Waals surface area contributed by atoms with Crippen molar-refractivity contribution < 1.29 is 0 Å². The molecular formula is C19H23N3S. The lowest BCUT2D eigenvalue weighted by molar-refractivity contribution is 0.774. The van der Waals surface area contributed by atoms with Gasteiger partial charge in [-0.3, -0.25) is 0 Å². The molecule has 3 nitrogen and oxygen atoms in total. The summed E-state index contributed by atoms with van der Waals surface area (Å²) < 4.78 is 0. The van der Waals surface area contributed by atoms with Crippen LogP contribution in [0.5, 0.6) is 0 Å². The number of hydrogen-bond donors (Lipinski definition) is 0. The maximum absolute atomic E-state index is 4.78. The van der Waals surface area contributed by atoms with Gasteiger partial charge in [0, 0.05) is 24.9 Å². The van der Waals surface area contributed by atoms with Crippen LogP contribution in [0.15, 0.2) is 36.4 Å². The van der Waals surface area contributed by atoms with Crippen LogP contribution in [0, 0.1) is 6.92 Å². The van der Waals surface area contributed by atoms with Crippen LogP contribution in [0.1, 0.15) is 29.6 Å². The average Bonchev–Trinajstić information content (AvgIpc) is 2.94. The molecule has 4 heteroatoms. The number of rotatable bonds is 6. The standard InChI is InChI=1S/C19H23N3S/c1-4-17-20-18(16-13-14(2)23-19(16)21-17)22(3)12-8-11-15-9-6-5-7-10-15/h5-7,9-10,13H,4,8,11-12H2,1-3H3. The van der Waals surface area contributed by atoms with Gasteiger partial charge < -0.3 is 4.90 Å². The van der Waals surface area contributed by atoms with E-state index in [-0.39, 0.29) is 0 Å². The largest absolute Gasteiger partial charge is 0.359 e. The molecule has 0 saturated heterocycles. The number of thiophene rings is 1. The fourth-order valence-electron chi connectivity index (χ4n) is 2.79. The molecule has 0 aliphatic carbocycles. The number of nitrogens with zero attached hydrogens (tertiary/aromatic N) is 3. The summed E-state index contributed by atoms with van der Waals surface area (Å²) in [6, 6.07) is 12.9.